The maximum absolute atomic E-state index is 12.6. The highest BCUT2D eigenvalue weighted by Gasteiger charge is 2.28. The molecule has 3 rings (SSSR count). The van der Waals surface area contributed by atoms with E-state index in [1.54, 1.807) is 12.1 Å². The van der Waals surface area contributed by atoms with Gasteiger partial charge in [0.1, 0.15) is 10.3 Å². The monoisotopic (exact) mass is 393 g/mol. The van der Waals surface area contributed by atoms with Crippen molar-refractivity contribution in [3.63, 3.8) is 0 Å². The molecule has 1 saturated carbocycles. The first-order chi connectivity index (χ1) is 12.4. The van der Waals surface area contributed by atoms with Gasteiger partial charge in [-0.3, -0.25) is 10.1 Å². The third kappa shape index (κ3) is 4.50. The molecule has 140 valence electrons. The molecule has 1 aromatic carbocycles. The standard InChI is InChI=1S/C18H23N3O3S2/c1-21(2)26(23,24)16-11-10-15(25-16)12-19-17(13-6-4-3-5-7-13)18(22)20-14-8-9-14/h3-7,10-11,14,17,19H,8-9,12H2,1-2H3,(H,20,22). The lowest BCUT2D eigenvalue weighted by Gasteiger charge is -2.18. The SMILES string of the molecule is CN(C)S(=O)(=O)c1ccc(CNC(C(=O)NC2CC2)c2ccccc2)s1. The number of sulfonamides is 1. The molecule has 2 aromatic rings. The van der Waals surface area contributed by atoms with Crippen LogP contribution in [0.25, 0.3) is 0 Å². The van der Waals surface area contributed by atoms with Gasteiger partial charge in [0.15, 0.2) is 0 Å². The molecule has 1 aromatic heterocycles. The van der Waals surface area contributed by atoms with Crippen LogP contribution >= 0.6 is 11.3 Å². The van der Waals surface area contributed by atoms with Gasteiger partial charge in [-0.05, 0) is 30.5 Å². The van der Waals surface area contributed by atoms with Crippen LogP contribution in [0.3, 0.4) is 0 Å². The molecule has 6 nitrogen and oxygen atoms in total. The Balaban J connectivity index is 1.72. The van der Waals surface area contributed by atoms with Gasteiger partial charge in [0.2, 0.25) is 5.91 Å². The van der Waals surface area contributed by atoms with Crippen molar-refractivity contribution in [1.29, 1.82) is 0 Å². The number of hydrogen-bond donors (Lipinski definition) is 2. The summed E-state index contributed by atoms with van der Waals surface area (Å²) >= 11 is 1.22. The number of nitrogens with zero attached hydrogens (tertiary/aromatic N) is 1. The van der Waals surface area contributed by atoms with Gasteiger partial charge in [-0.1, -0.05) is 30.3 Å². The van der Waals surface area contributed by atoms with Gasteiger partial charge in [-0.25, -0.2) is 12.7 Å². The Kier molecular flexibility index (Phi) is 5.76. The topological polar surface area (TPSA) is 78.5 Å². The number of hydrogen-bond acceptors (Lipinski definition) is 5. The molecule has 1 atom stereocenters. The molecule has 1 heterocycles. The number of nitrogens with one attached hydrogen (secondary N) is 2. The predicted molar refractivity (Wildman–Crippen MR) is 102 cm³/mol. The number of rotatable bonds is 8. The van der Waals surface area contributed by atoms with E-state index in [1.807, 2.05) is 30.3 Å². The van der Waals surface area contributed by atoms with Crippen LogP contribution in [0.2, 0.25) is 0 Å². The summed E-state index contributed by atoms with van der Waals surface area (Å²) in [6.45, 7) is 0.422. The summed E-state index contributed by atoms with van der Waals surface area (Å²) in [4.78, 5) is 13.5. The molecule has 1 amide bonds. The fourth-order valence-electron chi connectivity index (χ4n) is 2.49. The Bertz CT molecular complexity index is 859. The van der Waals surface area contributed by atoms with Gasteiger partial charge >= 0.3 is 0 Å². The van der Waals surface area contributed by atoms with Crippen LogP contribution in [0.15, 0.2) is 46.7 Å². The van der Waals surface area contributed by atoms with Crippen LogP contribution in [0.5, 0.6) is 0 Å². The van der Waals surface area contributed by atoms with Gasteiger partial charge < -0.3 is 5.32 Å². The van der Waals surface area contributed by atoms with E-state index in [9.17, 15) is 13.2 Å². The maximum Gasteiger partial charge on any atom is 0.252 e. The molecule has 26 heavy (non-hydrogen) atoms. The Labute approximate surface area is 158 Å². The number of thiophene rings is 1. The van der Waals surface area contributed by atoms with E-state index in [-0.39, 0.29) is 11.9 Å². The van der Waals surface area contributed by atoms with Crippen LogP contribution in [-0.2, 0) is 21.4 Å². The van der Waals surface area contributed by atoms with Crippen molar-refractivity contribution in [1.82, 2.24) is 14.9 Å². The van der Waals surface area contributed by atoms with Gasteiger partial charge in [-0.15, -0.1) is 11.3 Å². The van der Waals surface area contributed by atoms with Crippen molar-refractivity contribution in [2.45, 2.75) is 35.7 Å². The molecular weight excluding hydrogens is 370 g/mol. The van der Waals surface area contributed by atoms with Crippen molar-refractivity contribution in [3.8, 4) is 0 Å². The minimum atomic E-state index is -3.43. The van der Waals surface area contributed by atoms with Gasteiger partial charge in [-0.2, -0.15) is 0 Å². The zero-order valence-corrected chi connectivity index (χ0v) is 16.4. The van der Waals surface area contributed by atoms with Gasteiger partial charge in [0.25, 0.3) is 10.0 Å². The van der Waals surface area contributed by atoms with Crippen molar-refractivity contribution in [2.75, 3.05) is 14.1 Å². The van der Waals surface area contributed by atoms with E-state index in [0.29, 0.717) is 10.8 Å². The predicted octanol–water partition coefficient (Wildman–Crippen LogP) is 2.11. The van der Waals surface area contributed by atoms with E-state index in [2.05, 4.69) is 10.6 Å². The number of amides is 1. The second-order valence-corrected chi connectivity index (χ2v) is 10.1. The first-order valence-corrected chi connectivity index (χ1v) is 10.7. The van der Waals surface area contributed by atoms with Crippen molar-refractivity contribution in [2.24, 2.45) is 0 Å². The lowest BCUT2D eigenvalue weighted by molar-refractivity contribution is -0.123. The molecular formula is C18H23N3O3S2. The number of benzene rings is 1. The highest BCUT2D eigenvalue weighted by atomic mass is 32.2. The average Bonchev–Trinajstić information content (AvgIpc) is 3.29. The lowest BCUT2D eigenvalue weighted by Crippen LogP contribution is -2.38. The molecule has 0 radical (unpaired) electrons. The first kappa shape index (κ1) is 19.0. The molecule has 2 N–H and O–H groups in total. The molecule has 8 heteroatoms. The smallest absolute Gasteiger partial charge is 0.252 e. The summed E-state index contributed by atoms with van der Waals surface area (Å²) in [5.74, 6) is -0.0450. The largest absolute Gasteiger partial charge is 0.352 e. The first-order valence-electron chi connectivity index (χ1n) is 8.48. The second-order valence-electron chi connectivity index (χ2n) is 6.52. The van der Waals surface area contributed by atoms with E-state index in [4.69, 9.17) is 0 Å². The molecule has 1 unspecified atom stereocenters. The van der Waals surface area contributed by atoms with Crippen molar-refractivity contribution in [3.05, 3.63) is 52.9 Å². The number of carbonyl (C=O) groups excluding carboxylic acids is 1. The zero-order chi connectivity index (χ0) is 18.7. The lowest BCUT2D eigenvalue weighted by atomic mass is 10.1. The van der Waals surface area contributed by atoms with Gasteiger partial charge in [0, 0.05) is 31.6 Å². The second kappa shape index (κ2) is 7.87. The third-order valence-electron chi connectivity index (χ3n) is 4.17. The van der Waals surface area contributed by atoms with Crippen LogP contribution in [0.1, 0.15) is 29.3 Å². The Morgan fingerprint density at radius 1 is 1.19 bits per heavy atom. The summed E-state index contributed by atoms with van der Waals surface area (Å²) in [6.07, 6.45) is 2.06. The Morgan fingerprint density at radius 2 is 1.88 bits per heavy atom. The third-order valence-corrected chi connectivity index (χ3v) is 7.54. The highest BCUT2D eigenvalue weighted by molar-refractivity contribution is 7.91. The zero-order valence-electron chi connectivity index (χ0n) is 14.8. The minimum absolute atomic E-state index is 0.0450. The summed E-state index contributed by atoms with van der Waals surface area (Å²) < 4.78 is 25.9. The van der Waals surface area contributed by atoms with Crippen LogP contribution < -0.4 is 10.6 Å². The quantitative estimate of drug-likeness (QED) is 0.720. The molecule has 1 fully saturated rings. The molecule has 1 aliphatic carbocycles. The summed E-state index contributed by atoms with van der Waals surface area (Å²) in [6, 6.07) is 12.8. The molecule has 0 saturated heterocycles. The fourth-order valence-corrected chi connectivity index (χ4v) is 4.97. The molecule has 0 bridgehead atoms. The molecule has 1 aliphatic rings. The normalized spacial score (nSPS) is 15.8. The van der Waals surface area contributed by atoms with E-state index in [0.717, 1.165) is 23.3 Å². The van der Waals surface area contributed by atoms with E-state index >= 15 is 0 Å². The highest BCUT2D eigenvalue weighted by Crippen LogP contribution is 2.25. The minimum Gasteiger partial charge on any atom is -0.352 e. The summed E-state index contributed by atoms with van der Waals surface area (Å²) in [7, 11) is -0.397. The van der Waals surface area contributed by atoms with E-state index < -0.39 is 16.1 Å². The number of carbonyl (C=O) groups is 1. The summed E-state index contributed by atoms with van der Waals surface area (Å²) in [5, 5.41) is 6.30. The molecule has 0 spiro atoms. The van der Waals surface area contributed by atoms with E-state index in [1.165, 1.54) is 29.7 Å². The van der Waals surface area contributed by atoms with Crippen LogP contribution in [0.4, 0.5) is 0 Å². The average molecular weight is 394 g/mol. The fraction of sp³-hybridized carbons (Fsp3) is 0.389. The van der Waals surface area contributed by atoms with Crippen LogP contribution in [0, 0.1) is 0 Å². The molecule has 0 aliphatic heterocycles. The van der Waals surface area contributed by atoms with Crippen molar-refractivity contribution >= 4 is 27.3 Å². The maximum atomic E-state index is 12.6. The summed E-state index contributed by atoms with van der Waals surface area (Å²) in [5.41, 5.74) is 0.892. The van der Waals surface area contributed by atoms with Crippen LogP contribution in [-0.4, -0.2) is 38.8 Å². The Hall–Kier alpha value is -1.74. The van der Waals surface area contributed by atoms with Crippen molar-refractivity contribution < 1.29 is 13.2 Å². The Morgan fingerprint density at radius 3 is 2.50 bits per heavy atom. The van der Waals surface area contributed by atoms with Gasteiger partial charge in [0.05, 0.1) is 0 Å².